The number of carbonyl (C=O) groups is 2. The molecular weight excluding hydrogens is 349 g/mol. The van der Waals surface area contributed by atoms with E-state index in [4.69, 9.17) is 0 Å². The number of hydrogen-bond acceptors (Lipinski definition) is 4. The van der Waals surface area contributed by atoms with Crippen molar-refractivity contribution >= 4 is 17.6 Å². The summed E-state index contributed by atoms with van der Waals surface area (Å²) >= 11 is 0. The normalized spacial score (nSPS) is 17.7. The van der Waals surface area contributed by atoms with Gasteiger partial charge in [-0.3, -0.25) is 4.79 Å². The van der Waals surface area contributed by atoms with Gasteiger partial charge in [0.05, 0.1) is 6.04 Å². The van der Waals surface area contributed by atoms with E-state index in [9.17, 15) is 22.8 Å². The summed E-state index contributed by atoms with van der Waals surface area (Å²) in [6, 6.07) is 7.28. The molecule has 0 spiro atoms. The molecule has 1 fully saturated rings. The first-order valence-corrected chi connectivity index (χ1v) is 8.58. The average Bonchev–Trinajstić information content (AvgIpc) is 2.64. The van der Waals surface area contributed by atoms with Crippen LogP contribution >= 0.6 is 0 Å². The van der Waals surface area contributed by atoms with Crippen molar-refractivity contribution in [3.8, 4) is 0 Å². The molecule has 1 aromatic carbocycles. The molecule has 0 bridgehead atoms. The van der Waals surface area contributed by atoms with Gasteiger partial charge < -0.3 is 14.5 Å². The Morgan fingerprint density at radius 3 is 2.69 bits per heavy atom. The number of amides is 1. The van der Waals surface area contributed by atoms with Gasteiger partial charge >= 0.3 is 18.1 Å². The molecule has 0 aromatic heterocycles. The van der Waals surface area contributed by atoms with Crippen LogP contribution in [0.2, 0.25) is 0 Å². The van der Waals surface area contributed by atoms with Crippen molar-refractivity contribution in [3.63, 3.8) is 0 Å². The first kappa shape index (κ1) is 20.1. The van der Waals surface area contributed by atoms with E-state index in [1.54, 1.807) is 0 Å². The topological polar surface area (TPSA) is 49.9 Å². The number of halogens is 3. The maximum atomic E-state index is 12.3. The second kappa shape index (κ2) is 8.42. The standard InChI is InChI=1S/C18H23F3N2O3/c1-3-22(2)14-8-6-7-13(11-14)15-9-4-5-10-23(15)16(24)17(25)26-12-18(19,20)21/h6-8,11,15H,3-5,9-10,12H2,1-2H3. The van der Waals surface area contributed by atoms with Crippen molar-refractivity contribution in [1.29, 1.82) is 0 Å². The SMILES string of the molecule is CCN(C)c1cccc(C2CCCCN2C(=O)C(=O)OCC(F)(F)F)c1. The Morgan fingerprint density at radius 1 is 1.31 bits per heavy atom. The number of hydrogen-bond donors (Lipinski definition) is 0. The van der Waals surface area contributed by atoms with Crippen molar-refractivity contribution in [2.24, 2.45) is 0 Å². The molecule has 1 saturated heterocycles. The lowest BCUT2D eigenvalue weighted by molar-refractivity contribution is -0.190. The molecule has 1 aliphatic rings. The average molecular weight is 372 g/mol. The van der Waals surface area contributed by atoms with Crippen LogP contribution in [0.1, 0.15) is 37.8 Å². The summed E-state index contributed by atoms with van der Waals surface area (Å²) < 4.78 is 40.8. The van der Waals surface area contributed by atoms with E-state index in [-0.39, 0.29) is 6.04 Å². The zero-order valence-corrected chi connectivity index (χ0v) is 14.9. The summed E-state index contributed by atoms with van der Waals surface area (Å²) in [5.41, 5.74) is 1.84. The predicted molar refractivity (Wildman–Crippen MR) is 90.7 cm³/mol. The number of esters is 1. The number of carbonyl (C=O) groups excluding carboxylic acids is 2. The summed E-state index contributed by atoms with van der Waals surface area (Å²) in [5, 5.41) is 0. The lowest BCUT2D eigenvalue weighted by Gasteiger charge is -2.35. The van der Waals surface area contributed by atoms with Crippen molar-refractivity contribution < 1.29 is 27.5 Å². The van der Waals surface area contributed by atoms with E-state index in [1.807, 2.05) is 43.1 Å². The molecule has 0 saturated carbocycles. The fraction of sp³-hybridized carbons (Fsp3) is 0.556. The molecule has 144 valence electrons. The van der Waals surface area contributed by atoms with Crippen LogP contribution in [0.25, 0.3) is 0 Å². The molecule has 1 atom stereocenters. The van der Waals surface area contributed by atoms with Crippen LogP contribution in [0.15, 0.2) is 24.3 Å². The third kappa shape index (κ3) is 5.12. The number of anilines is 1. The van der Waals surface area contributed by atoms with Crippen molar-refractivity contribution in [3.05, 3.63) is 29.8 Å². The highest BCUT2D eigenvalue weighted by atomic mass is 19.4. The zero-order valence-electron chi connectivity index (χ0n) is 14.9. The second-order valence-corrected chi connectivity index (χ2v) is 6.31. The predicted octanol–water partition coefficient (Wildman–Crippen LogP) is 3.30. The first-order chi connectivity index (χ1) is 12.2. The largest absolute Gasteiger partial charge is 0.449 e. The van der Waals surface area contributed by atoms with Gasteiger partial charge in [0, 0.05) is 25.8 Å². The number of ether oxygens (including phenoxy) is 1. The van der Waals surface area contributed by atoms with Gasteiger partial charge in [-0.2, -0.15) is 13.2 Å². The molecular formula is C18H23F3N2O3. The monoisotopic (exact) mass is 372 g/mol. The molecule has 0 radical (unpaired) electrons. The van der Waals surface area contributed by atoms with Crippen LogP contribution in [0.4, 0.5) is 18.9 Å². The van der Waals surface area contributed by atoms with Crippen LogP contribution < -0.4 is 4.90 Å². The molecule has 26 heavy (non-hydrogen) atoms. The Kier molecular flexibility index (Phi) is 6.50. The van der Waals surface area contributed by atoms with E-state index in [1.165, 1.54) is 4.90 Å². The van der Waals surface area contributed by atoms with Crippen LogP contribution in [-0.4, -0.2) is 49.7 Å². The van der Waals surface area contributed by atoms with Gasteiger partial charge in [0.15, 0.2) is 6.61 Å². The minimum Gasteiger partial charge on any atom is -0.449 e. The molecule has 1 amide bonds. The summed E-state index contributed by atoms with van der Waals surface area (Å²) in [7, 11) is 1.94. The Labute approximate surface area is 150 Å². The van der Waals surface area contributed by atoms with Gasteiger partial charge in [0.25, 0.3) is 0 Å². The van der Waals surface area contributed by atoms with Crippen LogP contribution in [0, 0.1) is 0 Å². The Balaban J connectivity index is 2.17. The highest BCUT2D eigenvalue weighted by Crippen LogP contribution is 2.33. The maximum Gasteiger partial charge on any atom is 0.422 e. The molecule has 1 aromatic rings. The molecule has 8 heteroatoms. The molecule has 1 heterocycles. The number of alkyl halides is 3. The minimum atomic E-state index is -4.66. The Bertz CT molecular complexity index is 649. The molecule has 5 nitrogen and oxygen atoms in total. The summed E-state index contributed by atoms with van der Waals surface area (Å²) in [6.07, 6.45) is -2.43. The van der Waals surface area contributed by atoms with E-state index >= 15 is 0 Å². The maximum absolute atomic E-state index is 12.3. The van der Waals surface area contributed by atoms with E-state index in [0.29, 0.717) is 19.4 Å². The molecule has 2 rings (SSSR count). The first-order valence-electron chi connectivity index (χ1n) is 8.58. The third-order valence-electron chi connectivity index (χ3n) is 4.48. The van der Waals surface area contributed by atoms with Crippen molar-refractivity contribution in [1.82, 2.24) is 4.90 Å². The van der Waals surface area contributed by atoms with E-state index in [2.05, 4.69) is 4.74 Å². The van der Waals surface area contributed by atoms with Crippen LogP contribution in [-0.2, 0) is 14.3 Å². The van der Waals surface area contributed by atoms with Gasteiger partial charge in [-0.05, 0) is 43.9 Å². The highest BCUT2D eigenvalue weighted by molar-refractivity contribution is 6.32. The number of rotatable bonds is 4. The highest BCUT2D eigenvalue weighted by Gasteiger charge is 2.36. The number of benzene rings is 1. The van der Waals surface area contributed by atoms with Gasteiger partial charge in [0.1, 0.15) is 0 Å². The van der Waals surface area contributed by atoms with Gasteiger partial charge in [0.2, 0.25) is 0 Å². The fourth-order valence-corrected chi connectivity index (χ4v) is 3.00. The smallest absolute Gasteiger partial charge is 0.422 e. The van der Waals surface area contributed by atoms with Crippen molar-refractivity contribution in [2.45, 2.75) is 38.4 Å². The summed E-state index contributed by atoms with van der Waals surface area (Å²) in [4.78, 5) is 27.5. The second-order valence-electron chi connectivity index (χ2n) is 6.31. The number of piperidine rings is 1. The van der Waals surface area contributed by atoms with Gasteiger partial charge in [-0.25, -0.2) is 4.79 Å². The van der Waals surface area contributed by atoms with Crippen LogP contribution in [0.5, 0.6) is 0 Å². The number of likely N-dealkylation sites (tertiary alicyclic amines) is 1. The van der Waals surface area contributed by atoms with Gasteiger partial charge in [-0.15, -0.1) is 0 Å². The minimum absolute atomic E-state index is 0.318. The molecule has 1 unspecified atom stereocenters. The quantitative estimate of drug-likeness (QED) is 0.601. The molecule has 0 N–H and O–H groups in total. The fourth-order valence-electron chi connectivity index (χ4n) is 3.00. The third-order valence-corrected chi connectivity index (χ3v) is 4.48. The van der Waals surface area contributed by atoms with E-state index < -0.39 is 24.7 Å². The Morgan fingerprint density at radius 2 is 2.04 bits per heavy atom. The zero-order chi connectivity index (χ0) is 19.3. The number of nitrogens with zero attached hydrogens (tertiary/aromatic N) is 2. The lowest BCUT2D eigenvalue weighted by Crippen LogP contribution is -2.43. The molecule has 1 aliphatic heterocycles. The van der Waals surface area contributed by atoms with E-state index in [0.717, 1.165) is 24.2 Å². The summed E-state index contributed by atoms with van der Waals surface area (Å²) in [6.45, 7) is 1.38. The Hall–Kier alpha value is -2.25. The summed E-state index contributed by atoms with van der Waals surface area (Å²) in [5.74, 6) is -2.48. The van der Waals surface area contributed by atoms with Gasteiger partial charge in [-0.1, -0.05) is 12.1 Å². The van der Waals surface area contributed by atoms with Crippen LogP contribution in [0.3, 0.4) is 0 Å². The lowest BCUT2D eigenvalue weighted by atomic mass is 9.94. The van der Waals surface area contributed by atoms with Crippen molar-refractivity contribution in [2.75, 3.05) is 31.6 Å². The molecule has 0 aliphatic carbocycles.